The van der Waals surface area contributed by atoms with Crippen LogP contribution in [0.3, 0.4) is 0 Å². The minimum Gasteiger partial charge on any atom is -0.455 e. The number of aromatic nitrogens is 3. The topological polar surface area (TPSA) is 48.0 Å². The van der Waals surface area contributed by atoms with Crippen molar-refractivity contribution < 1.29 is 13.4 Å². The highest BCUT2D eigenvalue weighted by atomic mass is 16.4. The predicted octanol–water partition coefficient (Wildman–Crippen LogP) is 11.1. The molecule has 0 aliphatic heterocycles. The molecule has 0 atom stereocenters. The van der Waals surface area contributed by atoms with E-state index in [2.05, 4.69) is 140 Å². The molecule has 4 aromatic carbocycles. The normalized spacial score (nSPS) is 12.8. The van der Waals surface area contributed by atoms with Crippen molar-refractivity contribution in [1.29, 1.82) is 0 Å². The zero-order valence-electron chi connectivity index (χ0n) is 29.2. The largest absolute Gasteiger partial charge is 0.455 e. The van der Waals surface area contributed by atoms with E-state index in [1.54, 1.807) is 0 Å². The fourth-order valence-corrected chi connectivity index (χ4v) is 7.07. The molecule has 0 N–H and O–H groups in total. The van der Waals surface area contributed by atoms with Gasteiger partial charge >= 0.3 is 0 Å². The number of imidazole rings is 1. The lowest BCUT2D eigenvalue weighted by Gasteiger charge is -2.21. The Morgan fingerprint density at radius 1 is 0.783 bits per heavy atom. The van der Waals surface area contributed by atoms with Crippen molar-refractivity contribution in [3.63, 3.8) is 0 Å². The molecule has 236 valence electrons. The Bertz CT molecular complexity index is 2270. The molecule has 0 radical (unpaired) electrons. The second-order valence-corrected chi connectivity index (χ2v) is 15.0. The van der Waals surface area contributed by atoms with Gasteiger partial charge in [0, 0.05) is 21.9 Å². The summed E-state index contributed by atoms with van der Waals surface area (Å²) in [7, 11) is 2.18. The number of aryl methyl sites for hydroxylation is 2. The van der Waals surface area contributed by atoms with E-state index in [-0.39, 0.29) is 5.41 Å². The van der Waals surface area contributed by atoms with Crippen LogP contribution < -0.4 is 4.57 Å². The van der Waals surface area contributed by atoms with Crippen LogP contribution in [0.4, 0.5) is 0 Å². The summed E-state index contributed by atoms with van der Waals surface area (Å²) >= 11 is 0. The SMILES string of the molecule is Cc1c(-c2n(-c3c(C(C)C)cc(C(C)C)cc3C(C)C)c3ccccc3[n+]2C)c2oc3ccccc3c2c2oc(C(C)(C)C)nc12. The van der Waals surface area contributed by atoms with Gasteiger partial charge in [-0.25, -0.2) is 9.55 Å². The van der Waals surface area contributed by atoms with Crippen molar-refractivity contribution >= 4 is 44.1 Å². The third kappa shape index (κ3) is 4.42. The zero-order chi connectivity index (χ0) is 32.8. The number of hydrogen-bond donors (Lipinski definition) is 0. The van der Waals surface area contributed by atoms with Gasteiger partial charge in [0.05, 0.1) is 12.4 Å². The van der Waals surface area contributed by atoms with E-state index < -0.39 is 0 Å². The standard InChI is InChI=1S/C41H46N3O2/c1-22(2)26-20-28(23(3)4)36(29(21-26)24(5)6)44-31-18-14-13-17-30(31)43(11)39(44)33-25(7)35-38(46-40(42-35)41(8,9)10)34-27-16-12-15-19-32(27)45-37(33)34/h12-24H,1-11H3/q+1. The van der Waals surface area contributed by atoms with Crippen molar-refractivity contribution in [2.45, 2.75) is 92.4 Å². The predicted molar refractivity (Wildman–Crippen MR) is 190 cm³/mol. The highest BCUT2D eigenvalue weighted by molar-refractivity contribution is 6.21. The van der Waals surface area contributed by atoms with Gasteiger partial charge in [-0.15, -0.1) is 0 Å². The summed E-state index contributed by atoms with van der Waals surface area (Å²) in [6.07, 6.45) is 0. The zero-order valence-corrected chi connectivity index (χ0v) is 29.2. The molecule has 3 aromatic heterocycles. The number of rotatable bonds is 5. The third-order valence-corrected chi connectivity index (χ3v) is 9.61. The smallest absolute Gasteiger partial charge is 0.299 e. The first-order valence-electron chi connectivity index (χ1n) is 16.7. The number of oxazole rings is 1. The Labute approximate surface area is 271 Å². The summed E-state index contributed by atoms with van der Waals surface area (Å²) in [4.78, 5) is 5.19. The summed E-state index contributed by atoms with van der Waals surface area (Å²) in [6, 6.07) is 21.9. The molecule has 0 bridgehead atoms. The van der Waals surface area contributed by atoms with Crippen molar-refractivity contribution in [1.82, 2.24) is 9.55 Å². The molecule has 7 aromatic rings. The van der Waals surface area contributed by atoms with Crippen LogP contribution in [0.15, 0.2) is 69.5 Å². The number of nitrogens with zero attached hydrogens (tertiary/aromatic N) is 3. The molecule has 0 unspecified atom stereocenters. The molecule has 5 nitrogen and oxygen atoms in total. The maximum Gasteiger partial charge on any atom is 0.299 e. The fourth-order valence-electron chi connectivity index (χ4n) is 7.07. The van der Waals surface area contributed by atoms with E-state index in [4.69, 9.17) is 13.8 Å². The molecule has 46 heavy (non-hydrogen) atoms. The highest BCUT2D eigenvalue weighted by Gasteiger charge is 2.36. The minimum atomic E-state index is -0.243. The van der Waals surface area contributed by atoms with Crippen LogP contribution in [0.5, 0.6) is 0 Å². The first-order valence-corrected chi connectivity index (χ1v) is 16.7. The summed E-state index contributed by atoms with van der Waals surface area (Å²) in [5, 5.41) is 2.02. The number of hydrogen-bond acceptors (Lipinski definition) is 3. The molecule has 7 rings (SSSR count). The Morgan fingerprint density at radius 3 is 2.04 bits per heavy atom. The Balaban J connectivity index is 1.73. The Hall–Kier alpha value is -4.38. The lowest BCUT2D eigenvalue weighted by Crippen LogP contribution is -2.30. The van der Waals surface area contributed by atoms with E-state index >= 15 is 0 Å². The maximum absolute atomic E-state index is 6.86. The van der Waals surface area contributed by atoms with Crippen LogP contribution >= 0.6 is 0 Å². The van der Waals surface area contributed by atoms with E-state index in [9.17, 15) is 0 Å². The lowest BCUT2D eigenvalue weighted by molar-refractivity contribution is -0.633. The van der Waals surface area contributed by atoms with Crippen LogP contribution in [0.25, 0.3) is 61.1 Å². The molecule has 0 amide bonds. The number of fused-ring (bicyclic) bond motifs is 6. The molecule has 3 heterocycles. The third-order valence-electron chi connectivity index (χ3n) is 9.61. The fraction of sp³-hybridized carbons (Fsp3) is 0.366. The maximum atomic E-state index is 6.86. The molecule has 0 aliphatic carbocycles. The average Bonchev–Trinajstić information content (AvgIpc) is 3.69. The molecule has 0 spiro atoms. The molecule has 0 saturated heterocycles. The van der Waals surface area contributed by atoms with Crippen molar-refractivity contribution in [3.05, 3.63) is 88.8 Å². The van der Waals surface area contributed by atoms with Gasteiger partial charge in [-0.2, -0.15) is 4.57 Å². The summed E-state index contributed by atoms with van der Waals surface area (Å²) in [6.45, 7) is 22.5. The van der Waals surface area contributed by atoms with E-state index in [1.165, 1.54) is 27.9 Å². The summed E-state index contributed by atoms with van der Waals surface area (Å²) in [5.74, 6) is 2.89. The summed E-state index contributed by atoms with van der Waals surface area (Å²) in [5.41, 5.74) is 12.9. The summed E-state index contributed by atoms with van der Waals surface area (Å²) < 4.78 is 18.3. The van der Waals surface area contributed by atoms with E-state index in [0.29, 0.717) is 17.8 Å². The van der Waals surface area contributed by atoms with Crippen molar-refractivity contribution in [2.75, 3.05) is 0 Å². The van der Waals surface area contributed by atoms with E-state index in [1.807, 2.05) is 6.07 Å². The minimum absolute atomic E-state index is 0.243. The van der Waals surface area contributed by atoms with Crippen LogP contribution in [0.1, 0.15) is 108 Å². The van der Waals surface area contributed by atoms with Crippen LogP contribution in [-0.2, 0) is 12.5 Å². The highest BCUT2D eigenvalue weighted by Crippen LogP contribution is 2.46. The molecular weight excluding hydrogens is 566 g/mol. The van der Waals surface area contributed by atoms with Crippen LogP contribution in [0, 0.1) is 6.92 Å². The quantitative estimate of drug-likeness (QED) is 0.182. The first-order chi connectivity index (χ1) is 21.8. The molecule has 0 fully saturated rings. The van der Waals surface area contributed by atoms with Gasteiger partial charge in [-0.1, -0.05) is 105 Å². The lowest BCUT2D eigenvalue weighted by atomic mass is 9.87. The molecule has 0 aliphatic rings. The first kappa shape index (κ1) is 30.3. The number of furan rings is 1. The second kappa shape index (κ2) is 10.6. The molecule has 0 saturated carbocycles. The monoisotopic (exact) mass is 612 g/mol. The Kier molecular flexibility index (Phi) is 6.97. The Morgan fingerprint density at radius 2 is 1.41 bits per heavy atom. The second-order valence-electron chi connectivity index (χ2n) is 15.0. The van der Waals surface area contributed by atoms with Crippen molar-refractivity contribution in [2.24, 2.45) is 7.05 Å². The van der Waals surface area contributed by atoms with Gasteiger partial charge in [0.25, 0.3) is 5.82 Å². The van der Waals surface area contributed by atoms with Gasteiger partial charge in [0.1, 0.15) is 22.4 Å². The molecular formula is C41H46N3O2+. The van der Waals surface area contributed by atoms with Gasteiger partial charge in [-0.05, 0) is 54.0 Å². The van der Waals surface area contributed by atoms with Gasteiger partial charge in [0.2, 0.25) is 5.89 Å². The van der Waals surface area contributed by atoms with Crippen molar-refractivity contribution in [3.8, 4) is 17.1 Å². The van der Waals surface area contributed by atoms with E-state index in [0.717, 1.165) is 61.4 Å². The van der Waals surface area contributed by atoms with Gasteiger partial charge in [0.15, 0.2) is 22.2 Å². The van der Waals surface area contributed by atoms with Gasteiger partial charge in [-0.3, -0.25) is 0 Å². The average molecular weight is 613 g/mol. The van der Waals surface area contributed by atoms with Crippen LogP contribution in [-0.4, -0.2) is 9.55 Å². The molecule has 5 heteroatoms. The number of benzene rings is 4. The number of para-hydroxylation sites is 3. The van der Waals surface area contributed by atoms with Crippen LogP contribution in [0.2, 0.25) is 0 Å². The van der Waals surface area contributed by atoms with Gasteiger partial charge < -0.3 is 8.83 Å².